The van der Waals surface area contributed by atoms with Gasteiger partial charge in [0.05, 0.1) is 17.6 Å². The van der Waals surface area contributed by atoms with Crippen LogP contribution in [0.4, 0.5) is 34.1 Å². The summed E-state index contributed by atoms with van der Waals surface area (Å²) < 4.78 is 14.0. The van der Waals surface area contributed by atoms with E-state index >= 15 is 0 Å². The van der Waals surface area contributed by atoms with Crippen molar-refractivity contribution >= 4 is 121 Å². The third-order valence-corrected chi connectivity index (χ3v) is 20.8. The molecule has 104 heavy (non-hydrogen) atoms. The zero-order chi connectivity index (χ0) is 68.6. The number of pyridine rings is 2. The number of furan rings is 2. The van der Waals surface area contributed by atoms with E-state index in [2.05, 4.69) is 361 Å². The molecule has 6 heteroatoms. The minimum absolute atomic E-state index is 0.771. The number of nitrogens with zero attached hydrogens (tertiary/aromatic N) is 4. The van der Waals surface area contributed by atoms with E-state index in [4.69, 9.17) is 13.8 Å². The van der Waals surface area contributed by atoms with Gasteiger partial charge >= 0.3 is 0 Å². The maximum Gasteiger partial charge on any atom is 0.162 e. The Morgan fingerprint density at radius 1 is 0.202 bits per heavy atom. The second kappa shape index (κ2) is 25.0. The molecular weight excluding hydrogens is 1270 g/mol. The van der Waals surface area contributed by atoms with Crippen LogP contribution in [-0.4, -0.2) is 9.97 Å². The van der Waals surface area contributed by atoms with E-state index in [0.717, 1.165) is 177 Å². The lowest BCUT2D eigenvalue weighted by atomic mass is 9.90. The molecule has 0 saturated heterocycles. The molecule has 0 amide bonds. The van der Waals surface area contributed by atoms with E-state index in [-0.39, 0.29) is 0 Å². The first-order valence-electron chi connectivity index (χ1n) is 35.3. The van der Waals surface area contributed by atoms with Crippen LogP contribution in [0.15, 0.2) is 385 Å². The smallest absolute Gasteiger partial charge is 0.162 e. The van der Waals surface area contributed by atoms with Gasteiger partial charge in [-0.2, -0.15) is 0 Å². The van der Waals surface area contributed by atoms with Gasteiger partial charge in [0.1, 0.15) is 22.4 Å². The molecule has 0 radical (unpaired) electrons. The Hall–Kier alpha value is -13.9. The SMILES string of the molecule is c1ccc(-c2cc(-c3cccc(-c4ccc(-c5cccc(N(c6ccccc6-c6ccccc6)c6cncc7c6oc6c8ccccc8ccc76)c5)c5ccccc45)c3)ccc2N(c2cccc(-c3ccc(-c4ccccc4)c4ccccc34)c2)c2ccc3c(c2)oc2c4ccncc4ccc32)cc1. The summed E-state index contributed by atoms with van der Waals surface area (Å²) in [6.07, 6.45) is 7.63. The van der Waals surface area contributed by atoms with Crippen LogP contribution in [0, 0.1) is 0 Å². The monoisotopic (exact) mass is 1330 g/mol. The van der Waals surface area contributed by atoms with Gasteiger partial charge in [0, 0.05) is 90.5 Å². The van der Waals surface area contributed by atoms with Gasteiger partial charge in [-0.3, -0.25) is 9.97 Å². The maximum absolute atomic E-state index is 7.08. The highest BCUT2D eigenvalue weighted by Gasteiger charge is 2.26. The molecule has 6 nitrogen and oxygen atoms in total. The molecule has 0 saturated carbocycles. The lowest BCUT2D eigenvalue weighted by Crippen LogP contribution is -2.12. The molecule has 486 valence electrons. The van der Waals surface area contributed by atoms with E-state index in [0.29, 0.717) is 0 Å². The fourth-order valence-corrected chi connectivity index (χ4v) is 15.9. The molecule has 0 aliphatic rings. The Kier molecular flexibility index (Phi) is 14.5. The molecule has 20 aromatic rings. The van der Waals surface area contributed by atoms with Crippen LogP contribution in [-0.2, 0) is 0 Å². The summed E-state index contributed by atoms with van der Waals surface area (Å²) in [7, 11) is 0. The minimum Gasteiger partial charge on any atom is -0.455 e. The number of aromatic nitrogens is 2. The highest BCUT2D eigenvalue weighted by molar-refractivity contribution is 6.19. The summed E-state index contributed by atoms with van der Waals surface area (Å²) in [4.78, 5) is 14.1. The Labute approximate surface area is 600 Å². The molecular formula is C98H62N4O2. The molecule has 0 bridgehead atoms. The first-order chi connectivity index (χ1) is 51.6. The van der Waals surface area contributed by atoms with Crippen LogP contribution in [0.2, 0.25) is 0 Å². The summed E-state index contributed by atoms with van der Waals surface area (Å²) in [5.74, 6) is 0. The van der Waals surface area contributed by atoms with Crippen LogP contribution in [0.5, 0.6) is 0 Å². The van der Waals surface area contributed by atoms with Crippen molar-refractivity contribution < 1.29 is 8.83 Å². The second-order valence-electron chi connectivity index (χ2n) is 26.7. The molecule has 4 heterocycles. The predicted octanol–water partition coefficient (Wildman–Crippen LogP) is 27.5. The zero-order valence-corrected chi connectivity index (χ0v) is 56.4. The topological polar surface area (TPSA) is 58.5 Å². The van der Waals surface area contributed by atoms with Gasteiger partial charge in [-0.1, -0.05) is 267 Å². The lowest BCUT2D eigenvalue weighted by molar-refractivity contribution is 0.672. The average molecular weight is 1330 g/mol. The number of fused-ring (bicyclic) bond motifs is 12. The van der Waals surface area contributed by atoms with E-state index < -0.39 is 0 Å². The van der Waals surface area contributed by atoms with Crippen molar-refractivity contribution in [2.75, 3.05) is 9.80 Å². The number of hydrogen-bond donors (Lipinski definition) is 0. The Morgan fingerprint density at radius 2 is 0.673 bits per heavy atom. The summed E-state index contributed by atoms with van der Waals surface area (Å²) in [5, 5.41) is 13.1. The predicted molar refractivity (Wildman–Crippen MR) is 434 cm³/mol. The Bertz CT molecular complexity index is 6760. The largest absolute Gasteiger partial charge is 0.455 e. The zero-order valence-electron chi connectivity index (χ0n) is 56.4. The molecule has 0 spiro atoms. The van der Waals surface area contributed by atoms with Crippen LogP contribution >= 0.6 is 0 Å². The van der Waals surface area contributed by atoms with Gasteiger partial charge in [-0.05, 0) is 173 Å². The van der Waals surface area contributed by atoms with Crippen molar-refractivity contribution in [1.29, 1.82) is 0 Å². The normalized spacial score (nSPS) is 11.7. The second-order valence-corrected chi connectivity index (χ2v) is 26.7. The first kappa shape index (κ1) is 60.1. The van der Waals surface area contributed by atoms with Gasteiger partial charge in [-0.25, -0.2) is 0 Å². The molecule has 0 aliphatic heterocycles. The molecule has 0 unspecified atom stereocenters. The first-order valence-corrected chi connectivity index (χ1v) is 35.3. The lowest BCUT2D eigenvalue weighted by Gasteiger charge is -2.29. The fourth-order valence-electron chi connectivity index (χ4n) is 15.9. The molecule has 0 N–H and O–H groups in total. The molecule has 0 fully saturated rings. The van der Waals surface area contributed by atoms with E-state index in [9.17, 15) is 0 Å². The van der Waals surface area contributed by atoms with Crippen molar-refractivity contribution in [1.82, 2.24) is 9.97 Å². The Morgan fingerprint density at radius 3 is 1.35 bits per heavy atom. The van der Waals surface area contributed by atoms with Crippen molar-refractivity contribution in [3.63, 3.8) is 0 Å². The Balaban J connectivity index is 0.706. The summed E-state index contributed by atoms with van der Waals surface area (Å²) in [5.41, 5.74) is 24.9. The highest BCUT2D eigenvalue weighted by Crippen LogP contribution is 2.50. The summed E-state index contributed by atoms with van der Waals surface area (Å²) in [6, 6.07) is 127. The van der Waals surface area contributed by atoms with Gasteiger partial charge in [0.25, 0.3) is 0 Å². The maximum atomic E-state index is 7.08. The van der Waals surface area contributed by atoms with Crippen molar-refractivity contribution in [3.8, 4) is 77.9 Å². The third kappa shape index (κ3) is 10.3. The third-order valence-electron chi connectivity index (χ3n) is 20.8. The molecule has 20 rings (SSSR count). The van der Waals surface area contributed by atoms with Gasteiger partial charge in [0.15, 0.2) is 5.58 Å². The van der Waals surface area contributed by atoms with Crippen molar-refractivity contribution in [2.24, 2.45) is 0 Å². The van der Waals surface area contributed by atoms with Crippen LogP contribution < -0.4 is 9.80 Å². The quantitative estimate of drug-likeness (QED) is 0.115. The van der Waals surface area contributed by atoms with E-state index in [1.807, 2.05) is 30.9 Å². The number of rotatable bonds is 13. The van der Waals surface area contributed by atoms with Crippen molar-refractivity contribution in [2.45, 2.75) is 0 Å². The van der Waals surface area contributed by atoms with Crippen LogP contribution in [0.25, 0.3) is 165 Å². The van der Waals surface area contributed by atoms with Crippen LogP contribution in [0.1, 0.15) is 0 Å². The fraction of sp³-hybridized carbons (Fsp3) is 0. The molecule has 0 atom stereocenters. The number of anilines is 6. The highest BCUT2D eigenvalue weighted by atomic mass is 16.3. The van der Waals surface area contributed by atoms with Crippen molar-refractivity contribution in [3.05, 3.63) is 377 Å². The van der Waals surface area contributed by atoms with Crippen LogP contribution in [0.3, 0.4) is 0 Å². The summed E-state index contributed by atoms with van der Waals surface area (Å²) >= 11 is 0. The molecule has 16 aromatic carbocycles. The molecule has 4 aromatic heterocycles. The van der Waals surface area contributed by atoms with Gasteiger partial charge < -0.3 is 18.6 Å². The number of para-hydroxylation sites is 1. The standard InChI is InChI=1S/C98H62N4O2/c1-4-21-63(22-5-1)76-48-49-78(85-38-13-12-36-83(76)85)70-30-19-32-73(56-70)101(75-44-47-87-88-46-42-72-60-99-54-53-82(72)96(88)103-95(87)59-75)93-52-43-68(58-90(93)65-25-8-3-9-26-65)67-28-18-29-69(55-67)77-50-51-79(86-39-15-14-37-84(77)86)71-31-20-33-74(57-71)102(92-40-17-16-34-80(92)64-23-6-2-7-24-64)94-62-100-61-91-89-45-41-66-27-10-11-35-81(66)97(89)104-98(91)94/h1-62H. The molecule has 0 aliphatic carbocycles. The van der Waals surface area contributed by atoms with Gasteiger partial charge in [0.2, 0.25) is 0 Å². The number of hydrogen-bond acceptors (Lipinski definition) is 6. The summed E-state index contributed by atoms with van der Waals surface area (Å²) in [6.45, 7) is 0. The van der Waals surface area contributed by atoms with Gasteiger partial charge in [-0.15, -0.1) is 0 Å². The number of benzene rings is 16. The minimum atomic E-state index is 0.771. The van der Waals surface area contributed by atoms with E-state index in [1.54, 1.807) is 0 Å². The van der Waals surface area contributed by atoms with E-state index in [1.165, 1.54) is 21.9 Å². The average Bonchev–Trinajstić information content (AvgIpc) is 1.54.